The van der Waals surface area contributed by atoms with Crippen LogP contribution in [0.3, 0.4) is 0 Å². The van der Waals surface area contributed by atoms with Gasteiger partial charge in [-0.25, -0.2) is 0 Å². The maximum absolute atomic E-state index is 11.8. The number of benzene rings is 1. The highest BCUT2D eigenvalue weighted by atomic mass is 32.1. The zero-order valence-corrected chi connectivity index (χ0v) is 12.4. The standard InChI is InChI=1S/C16H19NO2S/c1-2-3-9-19-14-7-4-6-13(11-14)12-17-16(18)15-8-5-10-20-15/h4-8,10-11H,2-3,9,12H2,1H3,(H,17,18). The lowest BCUT2D eigenvalue weighted by Gasteiger charge is -2.08. The molecular formula is C16H19NO2S. The van der Waals surface area contributed by atoms with E-state index in [4.69, 9.17) is 4.74 Å². The molecule has 0 radical (unpaired) electrons. The number of ether oxygens (including phenoxy) is 1. The molecule has 0 aliphatic rings. The van der Waals surface area contributed by atoms with Gasteiger partial charge in [-0.2, -0.15) is 0 Å². The molecule has 0 aliphatic heterocycles. The Bertz CT molecular complexity index is 537. The molecule has 20 heavy (non-hydrogen) atoms. The van der Waals surface area contributed by atoms with Crippen LogP contribution in [-0.2, 0) is 6.54 Å². The van der Waals surface area contributed by atoms with Crippen LogP contribution in [0.15, 0.2) is 41.8 Å². The summed E-state index contributed by atoms with van der Waals surface area (Å²) in [6.45, 7) is 3.39. The third kappa shape index (κ3) is 4.38. The van der Waals surface area contributed by atoms with Gasteiger partial charge in [-0.3, -0.25) is 4.79 Å². The van der Waals surface area contributed by atoms with Crippen LogP contribution in [0.25, 0.3) is 0 Å². The van der Waals surface area contributed by atoms with E-state index in [0.717, 1.165) is 35.6 Å². The van der Waals surface area contributed by atoms with Crippen molar-refractivity contribution in [3.05, 3.63) is 52.2 Å². The molecule has 0 unspecified atom stereocenters. The minimum absolute atomic E-state index is 0.0303. The van der Waals surface area contributed by atoms with E-state index in [2.05, 4.69) is 12.2 Å². The Morgan fingerprint density at radius 2 is 2.20 bits per heavy atom. The lowest BCUT2D eigenvalue weighted by Crippen LogP contribution is -2.21. The minimum atomic E-state index is -0.0303. The Morgan fingerprint density at radius 1 is 1.30 bits per heavy atom. The molecule has 0 atom stereocenters. The first-order valence-corrected chi connectivity index (χ1v) is 7.71. The molecule has 1 aromatic carbocycles. The third-order valence-electron chi connectivity index (χ3n) is 2.86. The van der Waals surface area contributed by atoms with Crippen molar-refractivity contribution in [3.8, 4) is 5.75 Å². The van der Waals surface area contributed by atoms with Gasteiger partial charge in [-0.1, -0.05) is 31.5 Å². The van der Waals surface area contributed by atoms with Gasteiger partial charge < -0.3 is 10.1 Å². The van der Waals surface area contributed by atoms with Gasteiger partial charge in [0.05, 0.1) is 11.5 Å². The van der Waals surface area contributed by atoms with Crippen molar-refractivity contribution in [2.45, 2.75) is 26.3 Å². The van der Waals surface area contributed by atoms with Crippen molar-refractivity contribution in [3.63, 3.8) is 0 Å². The van der Waals surface area contributed by atoms with Crippen LogP contribution in [0.5, 0.6) is 5.75 Å². The van der Waals surface area contributed by atoms with Gasteiger partial charge in [0.15, 0.2) is 0 Å². The third-order valence-corrected chi connectivity index (χ3v) is 3.73. The van der Waals surface area contributed by atoms with Crippen LogP contribution in [0, 0.1) is 0 Å². The van der Waals surface area contributed by atoms with Crippen molar-refractivity contribution in [2.24, 2.45) is 0 Å². The van der Waals surface area contributed by atoms with Crippen LogP contribution in [-0.4, -0.2) is 12.5 Å². The molecule has 1 N–H and O–H groups in total. The summed E-state index contributed by atoms with van der Waals surface area (Å²) in [6, 6.07) is 11.6. The lowest BCUT2D eigenvalue weighted by molar-refractivity contribution is 0.0955. The summed E-state index contributed by atoms with van der Waals surface area (Å²) < 4.78 is 5.66. The number of hydrogen-bond donors (Lipinski definition) is 1. The Balaban J connectivity index is 1.86. The summed E-state index contributed by atoms with van der Waals surface area (Å²) in [6.07, 6.45) is 2.18. The Morgan fingerprint density at radius 3 is 2.95 bits per heavy atom. The number of carbonyl (C=O) groups excluding carboxylic acids is 1. The molecule has 1 amide bonds. The van der Waals surface area contributed by atoms with Crippen molar-refractivity contribution < 1.29 is 9.53 Å². The van der Waals surface area contributed by atoms with Gasteiger partial charge in [-0.15, -0.1) is 11.3 Å². The van der Waals surface area contributed by atoms with E-state index in [1.807, 2.05) is 41.8 Å². The topological polar surface area (TPSA) is 38.3 Å². The number of thiophene rings is 1. The predicted octanol–water partition coefficient (Wildman–Crippen LogP) is 3.86. The first-order valence-electron chi connectivity index (χ1n) is 6.83. The fourth-order valence-corrected chi connectivity index (χ4v) is 2.40. The second-order valence-corrected chi connectivity index (χ2v) is 5.46. The fourth-order valence-electron chi connectivity index (χ4n) is 1.76. The van der Waals surface area contributed by atoms with Crippen molar-refractivity contribution >= 4 is 17.2 Å². The first-order chi connectivity index (χ1) is 9.79. The molecule has 0 bridgehead atoms. The molecule has 0 saturated heterocycles. The smallest absolute Gasteiger partial charge is 0.261 e. The van der Waals surface area contributed by atoms with E-state index in [1.165, 1.54) is 11.3 Å². The van der Waals surface area contributed by atoms with Gasteiger partial charge in [0.1, 0.15) is 5.75 Å². The van der Waals surface area contributed by atoms with E-state index in [9.17, 15) is 4.79 Å². The van der Waals surface area contributed by atoms with Crippen LogP contribution in [0.2, 0.25) is 0 Å². The maximum Gasteiger partial charge on any atom is 0.261 e. The molecule has 2 rings (SSSR count). The molecule has 0 fully saturated rings. The number of hydrogen-bond acceptors (Lipinski definition) is 3. The zero-order valence-electron chi connectivity index (χ0n) is 11.6. The van der Waals surface area contributed by atoms with E-state index >= 15 is 0 Å². The largest absolute Gasteiger partial charge is 0.494 e. The molecule has 1 aromatic heterocycles. The summed E-state index contributed by atoms with van der Waals surface area (Å²) in [4.78, 5) is 12.6. The number of carbonyl (C=O) groups is 1. The fraction of sp³-hybridized carbons (Fsp3) is 0.312. The molecule has 106 valence electrons. The molecule has 1 heterocycles. The van der Waals surface area contributed by atoms with E-state index < -0.39 is 0 Å². The zero-order chi connectivity index (χ0) is 14.2. The van der Waals surface area contributed by atoms with Gasteiger partial charge in [0.25, 0.3) is 5.91 Å². The SMILES string of the molecule is CCCCOc1cccc(CNC(=O)c2cccs2)c1. The maximum atomic E-state index is 11.8. The summed E-state index contributed by atoms with van der Waals surface area (Å²) in [5, 5.41) is 4.81. The van der Waals surface area contributed by atoms with Gasteiger partial charge in [0, 0.05) is 6.54 Å². The highest BCUT2D eigenvalue weighted by Gasteiger charge is 2.05. The van der Waals surface area contributed by atoms with Crippen LogP contribution >= 0.6 is 11.3 Å². The second kappa shape index (κ2) is 7.70. The quantitative estimate of drug-likeness (QED) is 0.786. The van der Waals surface area contributed by atoms with Crippen molar-refractivity contribution in [1.29, 1.82) is 0 Å². The lowest BCUT2D eigenvalue weighted by atomic mass is 10.2. The number of amides is 1. The number of nitrogens with one attached hydrogen (secondary N) is 1. The predicted molar refractivity (Wildman–Crippen MR) is 82.3 cm³/mol. The normalized spacial score (nSPS) is 10.2. The summed E-state index contributed by atoms with van der Waals surface area (Å²) in [7, 11) is 0. The number of rotatable bonds is 7. The number of unbranched alkanes of at least 4 members (excludes halogenated alkanes) is 1. The van der Waals surface area contributed by atoms with E-state index in [-0.39, 0.29) is 5.91 Å². The average molecular weight is 289 g/mol. The molecule has 4 heteroatoms. The van der Waals surface area contributed by atoms with Crippen LogP contribution in [0.4, 0.5) is 0 Å². The highest BCUT2D eigenvalue weighted by molar-refractivity contribution is 7.12. The summed E-state index contributed by atoms with van der Waals surface area (Å²) in [5.41, 5.74) is 1.05. The van der Waals surface area contributed by atoms with Crippen LogP contribution in [0.1, 0.15) is 35.0 Å². The van der Waals surface area contributed by atoms with Crippen molar-refractivity contribution in [2.75, 3.05) is 6.61 Å². The minimum Gasteiger partial charge on any atom is -0.494 e. The molecule has 3 nitrogen and oxygen atoms in total. The Kier molecular flexibility index (Phi) is 5.62. The molecular weight excluding hydrogens is 270 g/mol. The monoisotopic (exact) mass is 289 g/mol. The molecule has 0 spiro atoms. The summed E-state index contributed by atoms with van der Waals surface area (Å²) >= 11 is 1.45. The Hall–Kier alpha value is -1.81. The summed E-state index contributed by atoms with van der Waals surface area (Å²) in [5.74, 6) is 0.832. The molecule has 0 aliphatic carbocycles. The second-order valence-electron chi connectivity index (χ2n) is 4.51. The molecule has 2 aromatic rings. The van der Waals surface area contributed by atoms with E-state index in [1.54, 1.807) is 0 Å². The highest BCUT2D eigenvalue weighted by Crippen LogP contribution is 2.14. The van der Waals surface area contributed by atoms with Gasteiger partial charge in [-0.05, 0) is 35.6 Å². The van der Waals surface area contributed by atoms with Gasteiger partial charge >= 0.3 is 0 Å². The average Bonchev–Trinajstić information content (AvgIpc) is 3.00. The van der Waals surface area contributed by atoms with Crippen LogP contribution < -0.4 is 10.1 Å². The first kappa shape index (κ1) is 14.6. The van der Waals surface area contributed by atoms with Gasteiger partial charge in [0.2, 0.25) is 0 Å². The Labute approximate surface area is 123 Å². The molecule has 0 saturated carbocycles. The van der Waals surface area contributed by atoms with Crippen molar-refractivity contribution in [1.82, 2.24) is 5.32 Å². The van der Waals surface area contributed by atoms with E-state index in [0.29, 0.717) is 6.54 Å².